The molecule has 5 nitrogen and oxygen atoms in total. The van der Waals surface area contributed by atoms with Gasteiger partial charge < -0.3 is 14.9 Å². The molecule has 0 spiro atoms. The number of hydrogen-bond donors (Lipinski definition) is 2. The Morgan fingerprint density at radius 1 is 1.44 bits per heavy atom. The van der Waals surface area contributed by atoms with Crippen molar-refractivity contribution in [1.82, 2.24) is 0 Å². The zero-order valence-corrected chi connectivity index (χ0v) is 10.5. The minimum Gasteiger partial charge on any atom is -0.497 e. The number of hydrogen-bond acceptors (Lipinski definition) is 4. The number of carbonyl (C=O) groups excluding carboxylic acids is 1. The molecule has 0 heterocycles. The summed E-state index contributed by atoms with van der Waals surface area (Å²) in [5, 5.41) is 18.4. The molecule has 6 heteroatoms. The molecule has 1 atom stereocenters. The van der Waals surface area contributed by atoms with Crippen molar-refractivity contribution in [2.45, 2.75) is 12.5 Å². The lowest BCUT2D eigenvalue weighted by Crippen LogP contribution is -2.15. The number of carboxylic acid groups (broad SMARTS) is 1. The van der Waals surface area contributed by atoms with E-state index in [-0.39, 0.29) is 29.2 Å². The summed E-state index contributed by atoms with van der Waals surface area (Å²) in [4.78, 5) is 22.6. The third kappa shape index (κ3) is 3.21. The van der Waals surface area contributed by atoms with Crippen LogP contribution in [0.4, 0.5) is 0 Å². The molecule has 0 aliphatic heterocycles. The van der Waals surface area contributed by atoms with Gasteiger partial charge in [0, 0.05) is 23.4 Å². The van der Waals surface area contributed by atoms with Crippen LogP contribution in [0, 0.1) is 0 Å². The molecule has 1 aromatic rings. The van der Waals surface area contributed by atoms with E-state index in [1.54, 1.807) is 0 Å². The second-order valence-corrected chi connectivity index (χ2v) is 3.93. The van der Waals surface area contributed by atoms with Gasteiger partial charge in [0.1, 0.15) is 5.75 Å². The number of halogens is 1. The second kappa shape index (κ2) is 6.37. The molecule has 98 valence electrons. The Bertz CT molecular complexity index is 458. The van der Waals surface area contributed by atoms with E-state index in [4.69, 9.17) is 21.4 Å². The Balaban J connectivity index is 3.24. The number of alkyl halides is 1. The molecule has 0 radical (unpaired) electrons. The summed E-state index contributed by atoms with van der Waals surface area (Å²) in [5.41, 5.74) is 0.156. The van der Waals surface area contributed by atoms with Gasteiger partial charge >= 0.3 is 5.97 Å². The van der Waals surface area contributed by atoms with Crippen molar-refractivity contribution in [3.8, 4) is 5.75 Å². The molecule has 0 amide bonds. The van der Waals surface area contributed by atoms with Crippen LogP contribution in [0.25, 0.3) is 0 Å². The van der Waals surface area contributed by atoms with Gasteiger partial charge in [0.2, 0.25) is 0 Å². The van der Waals surface area contributed by atoms with E-state index in [2.05, 4.69) is 0 Å². The molecular weight excluding hydrogens is 260 g/mol. The Labute approximate surface area is 109 Å². The maximum absolute atomic E-state index is 11.8. The van der Waals surface area contributed by atoms with Gasteiger partial charge in [-0.15, -0.1) is 11.6 Å². The highest BCUT2D eigenvalue weighted by molar-refractivity contribution is 6.19. The maximum Gasteiger partial charge on any atom is 0.337 e. The van der Waals surface area contributed by atoms with E-state index in [1.165, 1.54) is 25.3 Å². The van der Waals surface area contributed by atoms with Crippen LogP contribution in [0.5, 0.6) is 5.75 Å². The first-order valence-corrected chi connectivity index (χ1v) is 5.72. The molecule has 0 aromatic heterocycles. The molecule has 2 N–H and O–H groups in total. The standard InChI is InChI=1S/C12H13ClO5/c1-18-7-2-3-8(10(14)4-5-13)9(6-7)11(15)12(16)17/h2-3,6,11,15H,4-5H2,1H3,(H,16,17). The van der Waals surface area contributed by atoms with E-state index in [0.29, 0.717) is 5.75 Å². The first kappa shape index (κ1) is 14.5. The lowest BCUT2D eigenvalue weighted by atomic mass is 9.97. The van der Waals surface area contributed by atoms with E-state index in [1.807, 2.05) is 0 Å². The van der Waals surface area contributed by atoms with Crippen LogP contribution < -0.4 is 4.74 Å². The predicted molar refractivity (Wildman–Crippen MR) is 65.3 cm³/mol. The summed E-state index contributed by atoms with van der Waals surface area (Å²) in [5.74, 6) is -1.24. The molecular formula is C12H13ClO5. The SMILES string of the molecule is COc1ccc(C(=O)CCCl)c(C(O)C(=O)O)c1. The van der Waals surface area contributed by atoms with Crippen molar-refractivity contribution in [3.05, 3.63) is 29.3 Å². The first-order chi connectivity index (χ1) is 8.51. The molecule has 1 aromatic carbocycles. The third-order valence-corrected chi connectivity index (χ3v) is 2.60. The van der Waals surface area contributed by atoms with Crippen molar-refractivity contribution >= 4 is 23.4 Å². The van der Waals surface area contributed by atoms with Gasteiger partial charge in [-0.3, -0.25) is 4.79 Å². The van der Waals surface area contributed by atoms with Crippen molar-refractivity contribution < 1.29 is 24.5 Å². The van der Waals surface area contributed by atoms with Crippen molar-refractivity contribution in [2.24, 2.45) is 0 Å². The van der Waals surface area contributed by atoms with Crippen molar-refractivity contribution in [2.75, 3.05) is 13.0 Å². The number of methoxy groups -OCH3 is 1. The van der Waals surface area contributed by atoms with Crippen molar-refractivity contribution in [3.63, 3.8) is 0 Å². The molecule has 0 saturated carbocycles. The number of aliphatic hydroxyl groups excluding tert-OH is 1. The van der Waals surface area contributed by atoms with Gasteiger partial charge in [-0.05, 0) is 18.2 Å². The van der Waals surface area contributed by atoms with Gasteiger partial charge in [0.25, 0.3) is 0 Å². The number of ether oxygens (including phenoxy) is 1. The summed E-state index contributed by atoms with van der Waals surface area (Å²) >= 11 is 5.47. The van der Waals surface area contributed by atoms with Crippen LogP contribution in [0.3, 0.4) is 0 Å². The van der Waals surface area contributed by atoms with E-state index in [0.717, 1.165) is 0 Å². The Morgan fingerprint density at radius 2 is 2.11 bits per heavy atom. The average Bonchev–Trinajstić information content (AvgIpc) is 2.37. The minimum absolute atomic E-state index is 0.0111. The Hall–Kier alpha value is -1.59. The summed E-state index contributed by atoms with van der Waals surface area (Å²) < 4.78 is 4.94. The Morgan fingerprint density at radius 3 is 2.61 bits per heavy atom. The third-order valence-electron chi connectivity index (χ3n) is 2.41. The molecule has 18 heavy (non-hydrogen) atoms. The fraction of sp³-hybridized carbons (Fsp3) is 0.333. The van der Waals surface area contributed by atoms with Gasteiger partial charge in [0.05, 0.1) is 7.11 Å². The van der Waals surface area contributed by atoms with Crippen LogP contribution in [-0.2, 0) is 4.79 Å². The smallest absolute Gasteiger partial charge is 0.337 e. The Kier molecular flexibility index (Phi) is 5.12. The second-order valence-electron chi connectivity index (χ2n) is 3.56. The topological polar surface area (TPSA) is 83.8 Å². The maximum atomic E-state index is 11.8. The molecule has 0 bridgehead atoms. The number of benzene rings is 1. The number of aliphatic carboxylic acids is 1. The zero-order valence-electron chi connectivity index (χ0n) is 9.72. The van der Waals surface area contributed by atoms with Gasteiger partial charge in [-0.1, -0.05) is 0 Å². The summed E-state index contributed by atoms with van der Waals surface area (Å²) in [6.07, 6.45) is -1.69. The van der Waals surface area contributed by atoms with Crippen LogP contribution in [0.1, 0.15) is 28.4 Å². The number of carboxylic acids is 1. The average molecular weight is 273 g/mol. The predicted octanol–water partition coefficient (Wildman–Crippen LogP) is 1.62. The number of rotatable bonds is 6. The molecule has 0 fully saturated rings. The largest absolute Gasteiger partial charge is 0.497 e. The number of Topliss-reactive ketones (excluding diaryl/α,β-unsaturated/α-hetero) is 1. The quantitative estimate of drug-likeness (QED) is 0.607. The fourth-order valence-electron chi connectivity index (χ4n) is 1.50. The van der Waals surface area contributed by atoms with Crippen LogP contribution >= 0.6 is 11.6 Å². The molecule has 1 rings (SSSR count). The monoisotopic (exact) mass is 272 g/mol. The highest BCUT2D eigenvalue weighted by Crippen LogP contribution is 2.25. The summed E-state index contributed by atoms with van der Waals surface area (Å²) in [6.45, 7) is 0. The zero-order chi connectivity index (χ0) is 13.7. The highest BCUT2D eigenvalue weighted by Gasteiger charge is 2.23. The molecule has 0 aliphatic rings. The first-order valence-electron chi connectivity index (χ1n) is 5.19. The van der Waals surface area contributed by atoms with E-state index < -0.39 is 12.1 Å². The number of aliphatic hydroxyl groups is 1. The summed E-state index contributed by atoms with van der Waals surface area (Å²) in [6, 6.07) is 4.29. The van der Waals surface area contributed by atoms with Gasteiger partial charge in [-0.25, -0.2) is 4.79 Å². The van der Waals surface area contributed by atoms with Crippen LogP contribution in [-0.4, -0.2) is 35.0 Å². The molecule has 1 unspecified atom stereocenters. The van der Waals surface area contributed by atoms with E-state index in [9.17, 15) is 14.7 Å². The highest BCUT2D eigenvalue weighted by atomic mass is 35.5. The van der Waals surface area contributed by atoms with Crippen LogP contribution in [0.15, 0.2) is 18.2 Å². The van der Waals surface area contributed by atoms with Crippen molar-refractivity contribution in [1.29, 1.82) is 0 Å². The normalized spacial score (nSPS) is 11.9. The minimum atomic E-state index is -1.77. The lowest BCUT2D eigenvalue weighted by molar-refractivity contribution is -0.146. The lowest BCUT2D eigenvalue weighted by Gasteiger charge is -2.12. The van der Waals surface area contributed by atoms with Gasteiger partial charge in [-0.2, -0.15) is 0 Å². The fourth-order valence-corrected chi connectivity index (χ4v) is 1.67. The molecule has 0 saturated heterocycles. The molecule has 0 aliphatic carbocycles. The summed E-state index contributed by atoms with van der Waals surface area (Å²) in [7, 11) is 1.41. The van der Waals surface area contributed by atoms with Gasteiger partial charge in [0.15, 0.2) is 11.9 Å². The number of ketones is 1. The van der Waals surface area contributed by atoms with Crippen LogP contribution in [0.2, 0.25) is 0 Å². The number of carbonyl (C=O) groups is 2. The van der Waals surface area contributed by atoms with E-state index >= 15 is 0 Å².